The van der Waals surface area contributed by atoms with E-state index in [1.807, 2.05) is 0 Å². The average molecular weight is 245 g/mol. The molecule has 0 radical (unpaired) electrons. The van der Waals surface area contributed by atoms with Gasteiger partial charge < -0.3 is 9.05 Å². The first-order valence-electron chi connectivity index (χ1n) is 4.08. The molecule has 0 amide bonds. The Hall–Kier alpha value is -1.70. The molecule has 0 aliphatic rings. The maximum Gasteiger partial charge on any atom is 0.698 e. The molecule has 0 aliphatic heterocycles. The quantitative estimate of drug-likeness (QED) is 0.682. The van der Waals surface area contributed by atoms with Crippen LogP contribution in [0.4, 0.5) is 0 Å². The van der Waals surface area contributed by atoms with Gasteiger partial charge in [0.05, 0.1) is 0 Å². The molecule has 0 N–H and O–H groups in total. The van der Waals surface area contributed by atoms with Gasteiger partial charge in [-0.05, 0) is 0 Å². The van der Waals surface area contributed by atoms with Crippen molar-refractivity contribution in [3.63, 3.8) is 0 Å². The number of nitrogens with zero attached hydrogens (tertiary/aromatic N) is 4. The van der Waals surface area contributed by atoms with Gasteiger partial charge in [-0.15, -0.1) is 9.05 Å². The van der Waals surface area contributed by atoms with E-state index in [4.69, 9.17) is 9.05 Å². The van der Waals surface area contributed by atoms with Crippen molar-refractivity contribution in [3.8, 4) is 0 Å². The van der Waals surface area contributed by atoms with E-state index in [0.717, 1.165) is 12.8 Å². The van der Waals surface area contributed by atoms with E-state index in [0.29, 0.717) is 0 Å². The standard InChI is InChI=1S/C6H6N4O5P/c11-16(14-1-5-7-3-12-9-5)15-2-6-8-4-13-10-6/h3-4H,1-2H2/q+1. The van der Waals surface area contributed by atoms with Crippen molar-refractivity contribution in [1.29, 1.82) is 0 Å². The molecule has 9 nitrogen and oxygen atoms in total. The molecule has 0 aliphatic carbocycles. The Morgan fingerprint density at radius 2 is 1.56 bits per heavy atom. The molecule has 0 aromatic carbocycles. The van der Waals surface area contributed by atoms with Crippen molar-refractivity contribution >= 4 is 8.25 Å². The number of hydrogen-bond donors (Lipinski definition) is 0. The van der Waals surface area contributed by atoms with E-state index >= 15 is 0 Å². The summed E-state index contributed by atoms with van der Waals surface area (Å²) in [6, 6.07) is 0. The molecule has 0 saturated heterocycles. The van der Waals surface area contributed by atoms with E-state index in [1.165, 1.54) is 0 Å². The molecule has 0 bridgehead atoms. The van der Waals surface area contributed by atoms with Crippen molar-refractivity contribution in [2.24, 2.45) is 0 Å². The summed E-state index contributed by atoms with van der Waals surface area (Å²) < 4.78 is 29.7. The summed E-state index contributed by atoms with van der Waals surface area (Å²) in [4.78, 5) is 7.34. The maximum atomic E-state index is 11.2. The van der Waals surface area contributed by atoms with Gasteiger partial charge >= 0.3 is 8.25 Å². The van der Waals surface area contributed by atoms with Gasteiger partial charge in [-0.3, -0.25) is 0 Å². The second-order valence-electron chi connectivity index (χ2n) is 2.47. The first-order valence-corrected chi connectivity index (χ1v) is 5.18. The van der Waals surface area contributed by atoms with E-state index in [2.05, 4.69) is 29.3 Å². The van der Waals surface area contributed by atoms with Crippen molar-refractivity contribution < 1.29 is 22.7 Å². The van der Waals surface area contributed by atoms with Gasteiger partial charge in [0.15, 0.2) is 13.2 Å². The number of rotatable bonds is 6. The van der Waals surface area contributed by atoms with E-state index < -0.39 is 8.25 Å². The van der Waals surface area contributed by atoms with Crippen LogP contribution >= 0.6 is 8.25 Å². The average Bonchev–Trinajstić information content (AvgIpc) is 2.96. The Labute approximate surface area is 89.7 Å². The predicted octanol–water partition coefficient (Wildman–Crippen LogP) is 0.843. The number of aromatic nitrogens is 4. The first kappa shape index (κ1) is 10.8. The van der Waals surface area contributed by atoms with Crippen LogP contribution < -0.4 is 0 Å². The van der Waals surface area contributed by atoms with Crippen LogP contribution in [-0.4, -0.2) is 20.3 Å². The zero-order chi connectivity index (χ0) is 11.2. The van der Waals surface area contributed by atoms with Crippen LogP contribution in [0, 0.1) is 0 Å². The summed E-state index contributed by atoms with van der Waals surface area (Å²) in [5.41, 5.74) is 0. The molecular weight excluding hydrogens is 239 g/mol. The lowest BCUT2D eigenvalue weighted by Gasteiger charge is -1.85. The highest BCUT2D eigenvalue weighted by molar-refractivity contribution is 7.33. The molecule has 0 spiro atoms. The monoisotopic (exact) mass is 245 g/mol. The van der Waals surface area contributed by atoms with Crippen LogP contribution in [0.3, 0.4) is 0 Å². The predicted molar refractivity (Wildman–Crippen MR) is 45.8 cm³/mol. The highest BCUT2D eigenvalue weighted by atomic mass is 31.1. The fourth-order valence-corrected chi connectivity index (χ4v) is 1.29. The molecule has 16 heavy (non-hydrogen) atoms. The van der Waals surface area contributed by atoms with E-state index in [1.54, 1.807) is 0 Å². The number of hydrogen-bond acceptors (Lipinski definition) is 9. The minimum atomic E-state index is -2.28. The lowest BCUT2D eigenvalue weighted by molar-refractivity contribution is 0.201. The zero-order valence-electron chi connectivity index (χ0n) is 7.85. The van der Waals surface area contributed by atoms with Gasteiger partial charge in [-0.25, -0.2) is 0 Å². The highest BCUT2D eigenvalue weighted by Crippen LogP contribution is 2.25. The lowest BCUT2D eigenvalue weighted by atomic mass is 10.7. The largest absolute Gasteiger partial charge is 0.698 e. The Morgan fingerprint density at radius 3 is 1.94 bits per heavy atom. The normalized spacial score (nSPS) is 10.5. The Bertz CT molecular complexity index is 389. The van der Waals surface area contributed by atoms with E-state index in [9.17, 15) is 4.57 Å². The molecular formula is C6H6N4O5P+. The van der Waals surface area contributed by atoms with Crippen LogP contribution in [0.15, 0.2) is 21.8 Å². The molecule has 0 saturated carbocycles. The summed E-state index contributed by atoms with van der Waals surface area (Å²) in [5, 5.41) is 6.93. The Balaban J connectivity index is 1.69. The third kappa shape index (κ3) is 3.16. The smallest absolute Gasteiger partial charge is 0.343 e. The van der Waals surface area contributed by atoms with Crippen molar-refractivity contribution in [2.75, 3.05) is 0 Å². The van der Waals surface area contributed by atoms with Gasteiger partial charge in [0, 0.05) is 4.57 Å². The molecule has 2 rings (SSSR count). The SMILES string of the molecule is O=[P+](OCc1ncon1)OCc1ncon1. The summed E-state index contributed by atoms with van der Waals surface area (Å²) in [5.74, 6) is 0.568. The van der Waals surface area contributed by atoms with Crippen molar-refractivity contribution in [2.45, 2.75) is 13.2 Å². The Morgan fingerprint density at radius 1 is 1.06 bits per heavy atom. The van der Waals surface area contributed by atoms with Crippen LogP contribution in [0.5, 0.6) is 0 Å². The lowest BCUT2D eigenvalue weighted by Crippen LogP contribution is -1.92. The molecule has 2 aromatic rings. The van der Waals surface area contributed by atoms with E-state index in [-0.39, 0.29) is 24.9 Å². The highest BCUT2D eigenvalue weighted by Gasteiger charge is 2.22. The van der Waals surface area contributed by atoms with Gasteiger partial charge in [-0.2, -0.15) is 9.97 Å². The summed E-state index contributed by atoms with van der Waals surface area (Å²) in [6.07, 6.45) is 2.29. The minimum absolute atomic E-state index is 0.0576. The van der Waals surface area contributed by atoms with Crippen LogP contribution in [-0.2, 0) is 26.8 Å². The van der Waals surface area contributed by atoms with Gasteiger partial charge in [0.1, 0.15) is 0 Å². The fourth-order valence-electron chi connectivity index (χ4n) is 0.770. The Kier molecular flexibility index (Phi) is 3.65. The van der Waals surface area contributed by atoms with Gasteiger partial charge in [0.25, 0.3) is 0 Å². The molecule has 2 heterocycles. The second-order valence-corrected chi connectivity index (χ2v) is 3.43. The van der Waals surface area contributed by atoms with Crippen molar-refractivity contribution in [3.05, 3.63) is 24.4 Å². The van der Waals surface area contributed by atoms with Crippen LogP contribution in [0.1, 0.15) is 11.6 Å². The molecule has 2 aromatic heterocycles. The third-order valence-electron chi connectivity index (χ3n) is 1.41. The van der Waals surface area contributed by atoms with Crippen LogP contribution in [0.2, 0.25) is 0 Å². The fraction of sp³-hybridized carbons (Fsp3) is 0.333. The molecule has 84 valence electrons. The maximum absolute atomic E-state index is 11.2. The van der Waals surface area contributed by atoms with Crippen molar-refractivity contribution in [1.82, 2.24) is 20.3 Å². The van der Waals surface area contributed by atoms with Crippen LogP contribution in [0.25, 0.3) is 0 Å². The minimum Gasteiger partial charge on any atom is -0.343 e. The molecule has 10 heteroatoms. The first-order chi connectivity index (χ1) is 7.84. The van der Waals surface area contributed by atoms with Gasteiger partial charge in [0.2, 0.25) is 24.4 Å². The summed E-state index contributed by atoms with van der Waals surface area (Å²) in [6.45, 7) is -0.115. The summed E-state index contributed by atoms with van der Waals surface area (Å²) >= 11 is 0. The molecule has 0 atom stereocenters. The summed E-state index contributed by atoms with van der Waals surface area (Å²) in [7, 11) is -2.28. The van der Waals surface area contributed by atoms with Gasteiger partial charge in [-0.1, -0.05) is 10.3 Å². The molecule has 0 fully saturated rings. The zero-order valence-corrected chi connectivity index (χ0v) is 8.74. The molecule has 0 unspecified atom stereocenters. The third-order valence-corrected chi connectivity index (χ3v) is 2.09. The second kappa shape index (κ2) is 5.40. The topological polar surface area (TPSA) is 113 Å².